The van der Waals surface area contributed by atoms with Crippen LogP contribution in [0.3, 0.4) is 0 Å². The zero-order chi connectivity index (χ0) is 19.5. The lowest BCUT2D eigenvalue weighted by Crippen LogP contribution is -2.49. The van der Waals surface area contributed by atoms with E-state index in [9.17, 15) is 9.18 Å². The quantitative estimate of drug-likeness (QED) is 0.796. The van der Waals surface area contributed by atoms with Gasteiger partial charge in [-0.2, -0.15) is 0 Å². The second-order valence-electron chi connectivity index (χ2n) is 7.31. The molecule has 28 heavy (non-hydrogen) atoms. The summed E-state index contributed by atoms with van der Waals surface area (Å²) in [6, 6.07) is 6.47. The van der Waals surface area contributed by atoms with Gasteiger partial charge >= 0.3 is 0 Å². The molecule has 0 spiro atoms. The molecule has 0 radical (unpaired) electrons. The Labute approximate surface area is 164 Å². The van der Waals surface area contributed by atoms with Crippen molar-refractivity contribution in [1.82, 2.24) is 19.8 Å². The number of carbonyl (C=O) groups excluding carboxylic acids is 1. The van der Waals surface area contributed by atoms with Crippen LogP contribution in [0, 0.1) is 5.82 Å². The standard InChI is InChI=1S/C20H25FN6O/c1-24-6-8-26(9-7-24)19-15-22-18(14-23-19)20(28)27-12-10-25(11-13-27)17-4-2-16(21)3-5-17/h2-5,14-15H,6-13H2,1H3. The summed E-state index contributed by atoms with van der Waals surface area (Å²) in [6.07, 6.45) is 3.29. The van der Waals surface area contributed by atoms with Gasteiger partial charge in [-0.05, 0) is 31.3 Å². The largest absolute Gasteiger partial charge is 0.368 e. The summed E-state index contributed by atoms with van der Waals surface area (Å²) in [5, 5.41) is 0. The molecule has 1 aromatic carbocycles. The van der Waals surface area contributed by atoms with Crippen LogP contribution in [0.1, 0.15) is 10.5 Å². The molecule has 1 aromatic heterocycles. The van der Waals surface area contributed by atoms with Gasteiger partial charge in [0, 0.05) is 58.0 Å². The van der Waals surface area contributed by atoms with Gasteiger partial charge in [0.05, 0.1) is 12.4 Å². The van der Waals surface area contributed by atoms with E-state index in [1.54, 1.807) is 29.4 Å². The predicted octanol–water partition coefficient (Wildman–Crippen LogP) is 1.33. The van der Waals surface area contributed by atoms with Crippen LogP contribution < -0.4 is 9.80 Å². The molecule has 2 fully saturated rings. The number of amides is 1. The molecular formula is C20H25FN6O. The Morgan fingerprint density at radius 3 is 2.11 bits per heavy atom. The molecule has 0 aliphatic carbocycles. The Hall–Kier alpha value is -2.74. The minimum absolute atomic E-state index is 0.0869. The number of rotatable bonds is 3. The van der Waals surface area contributed by atoms with Gasteiger partial charge in [-0.15, -0.1) is 0 Å². The molecule has 0 unspecified atom stereocenters. The molecule has 0 saturated carbocycles. The summed E-state index contributed by atoms with van der Waals surface area (Å²) in [5.41, 5.74) is 1.36. The van der Waals surface area contributed by atoms with E-state index < -0.39 is 0 Å². The Bertz CT molecular complexity index is 796. The summed E-state index contributed by atoms with van der Waals surface area (Å²) in [4.78, 5) is 30.0. The Kier molecular flexibility index (Phi) is 5.38. The second kappa shape index (κ2) is 8.10. The lowest BCUT2D eigenvalue weighted by atomic mass is 10.2. The van der Waals surface area contributed by atoms with E-state index in [1.807, 2.05) is 0 Å². The van der Waals surface area contributed by atoms with Crippen molar-refractivity contribution in [3.05, 3.63) is 48.2 Å². The fourth-order valence-corrected chi connectivity index (χ4v) is 3.61. The number of likely N-dealkylation sites (N-methyl/N-ethyl adjacent to an activating group) is 1. The molecule has 1 amide bonds. The number of anilines is 2. The molecular weight excluding hydrogens is 359 g/mol. The first kappa shape index (κ1) is 18.6. The van der Waals surface area contributed by atoms with Crippen LogP contribution in [0.2, 0.25) is 0 Å². The Balaban J connectivity index is 1.34. The molecule has 7 nitrogen and oxygen atoms in total. The third-order valence-corrected chi connectivity index (χ3v) is 5.44. The van der Waals surface area contributed by atoms with Gasteiger partial charge in [0.25, 0.3) is 5.91 Å². The van der Waals surface area contributed by atoms with Gasteiger partial charge < -0.3 is 19.6 Å². The van der Waals surface area contributed by atoms with Crippen LogP contribution in [0.4, 0.5) is 15.9 Å². The van der Waals surface area contributed by atoms with E-state index in [0.29, 0.717) is 31.9 Å². The lowest BCUT2D eigenvalue weighted by molar-refractivity contribution is 0.0740. The number of hydrogen-bond donors (Lipinski definition) is 0. The molecule has 2 aromatic rings. The smallest absolute Gasteiger partial charge is 0.274 e. The van der Waals surface area contributed by atoms with Crippen molar-refractivity contribution in [2.24, 2.45) is 0 Å². The van der Waals surface area contributed by atoms with Gasteiger partial charge in [0.15, 0.2) is 0 Å². The maximum absolute atomic E-state index is 13.1. The molecule has 0 atom stereocenters. The Morgan fingerprint density at radius 2 is 1.50 bits per heavy atom. The molecule has 0 N–H and O–H groups in total. The fraction of sp³-hybridized carbons (Fsp3) is 0.450. The number of hydrogen-bond acceptors (Lipinski definition) is 6. The van der Waals surface area contributed by atoms with Crippen molar-refractivity contribution in [3.63, 3.8) is 0 Å². The van der Waals surface area contributed by atoms with Crippen LogP contribution in [0.5, 0.6) is 0 Å². The van der Waals surface area contributed by atoms with Crippen LogP contribution >= 0.6 is 0 Å². The van der Waals surface area contributed by atoms with Crippen molar-refractivity contribution < 1.29 is 9.18 Å². The number of aromatic nitrogens is 2. The summed E-state index contributed by atoms with van der Waals surface area (Å²) in [6.45, 7) is 6.49. The van der Waals surface area contributed by atoms with Crippen LogP contribution in [0.15, 0.2) is 36.7 Å². The molecule has 4 rings (SSSR count). The van der Waals surface area contributed by atoms with Crippen molar-refractivity contribution in [3.8, 4) is 0 Å². The number of nitrogens with zero attached hydrogens (tertiary/aromatic N) is 6. The summed E-state index contributed by atoms with van der Waals surface area (Å²) < 4.78 is 13.1. The topological polar surface area (TPSA) is 55.8 Å². The maximum Gasteiger partial charge on any atom is 0.274 e. The molecule has 2 aliphatic rings. The Morgan fingerprint density at radius 1 is 0.857 bits per heavy atom. The van der Waals surface area contributed by atoms with Gasteiger partial charge in [-0.1, -0.05) is 0 Å². The first-order chi connectivity index (χ1) is 13.6. The summed E-state index contributed by atoms with van der Waals surface area (Å²) in [7, 11) is 2.11. The lowest BCUT2D eigenvalue weighted by Gasteiger charge is -2.36. The van der Waals surface area contributed by atoms with E-state index in [2.05, 4.69) is 31.7 Å². The first-order valence-corrected chi connectivity index (χ1v) is 9.65. The van der Waals surface area contributed by atoms with E-state index in [0.717, 1.165) is 37.7 Å². The summed E-state index contributed by atoms with van der Waals surface area (Å²) >= 11 is 0. The average Bonchev–Trinajstić information content (AvgIpc) is 2.75. The normalized spacial score (nSPS) is 18.4. The third kappa shape index (κ3) is 4.06. The molecule has 148 valence electrons. The number of piperazine rings is 2. The molecule has 0 bridgehead atoms. The zero-order valence-electron chi connectivity index (χ0n) is 16.1. The number of benzene rings is 1. The van der Waals surface area contributed by atoms with Gasteiger partial charge in [0.2, 0.25) is 0 Å². The van der Waals surface area contributed by atoms with Gasteiger partial charge in [0.1, 0.15) is 17.3 Å². The first-order valence-electron chi connectivity index (χ1n) is 9.65. The number of carbonyl (C=O) groups is 1. The maximum atomic E-state index is 13.1. The minimum Gasteiger partial charge on any atom is -0.368 e. The average molecular weight is 384 g/mol. The van der Waals surface area contributed by atoms with E-state index in [1.165, 1.54) is 12.1 Å². The highest BCUT2D eigenvalue weighted by Gasteiger charge is 2.24. The molecule has 2 aliphatic heterocycles. The highest BCUT2D eigenvalue weighted by atomic mass is 19.1. The van der Waals surface area contributed by atoms with E-state index in [-0.39, 0.29) is 11.7 Å². The minimum atomic E-state index is -0.240. The summed E-state index contributed by atoms with van der Waals surface area (Å²) in [5.74, 6) is 0.498. The van der Waals surface area contributed by atoms with Crippen LogP contribution in [-0.4, -0.2) is 85.1 Å². The monoisotopic (exact) mass is 384 g/mol. The molecule has 8 heteroatoms. The second-order valence-corrected chi connectivity index (χ2v) is 7.31. The van der Waals surface area contributed by atoms with Crippen molar-refractivity contribution in [2.75, 3.05) is 69.2 Å². The molecule has 2 saturated heterocycles. The van der Waals surface area contributed by atoms with Crippen molar-refractivity contribution in [2.45, 2.75) is 0 Å². The highest BCUT2D eigenvalue weighted by Crippen LogP contribution is 2.18. The zero-order valence-corrected chi connectivity index (χ0v) is 16.1. The fourth-order valence-electron chi connectivity index (χ4n) is 3.61. The van der Waals surface area contributed by atoms with E-state index in [4.69, 9.17) is 0 Å². The van der Waals surface area contributed by atoms with Crippen molar-refractivity contribution in [1.29, 1.82) is 0 Å². The van der Waals surface area contributed by atoms with Crippen molar-refractivity contribution >= 4 is 17.4 Å². The predicted molar refractivity (Wildman–Crippen MR) is 106 cm³/mol. The number of halogens is 1. The SMILES string of the molecule is CN1CCN(c2cnc(C(=O)N3CCN(c4ccc(F)cc4)CC3)cn2)CC1. The third-order valence-electron chi connectivity index (χ3n) is 5.44. The van der Waals surface area contributed by atoms with Gasteiger partial charge in [-0.25, -0.2) is 14.4 Å². The van der Waals surface area contributed by atoms with Crippen LogP contribution in [0.25, 0.3) is 0 Å². The molecule has 3 heterocycles. The van der Waals surface area contributed by atoms with E-state index >= 15 is 0 Å². The highest BCUT2D eigenvalue weighted by molar-refractivity contribution is 5.92. The van der Waals surface area contributed by atoms with Gasteiger partial charge in [-0.3, -0.25) is 4.79 Å². The van der Waals surface area contributed by atoms with Crippen LogP contribution in [-0.2, 0) is 0 Å².